The molecule has 0 unspecified atom stereocenters. The lowest BCUT2D eigenvalue weighted by Gasteiger charge is -2.20. The number of anilines is 1. The van der Waals surface area contributed by atoms with Gasteiger partial charge in [0.1, 0.15) is 12.3 Å². The molecule has 0 atom stereocenters. The summed E-state index contributed by atoms with van der Waals surface area (Å²) in [4.78, 5) is 48.7. The smallest absolute Gasteiger partial charge is 0.326 e. The highest BCUT2D eigenvalue weighted by Crippen LogP contribution is 2.30. The maximum absolute atomic E-state index is 12.2. The van der Waals surface area contributed by atoms with Crippen molar-refractivity contribution in [3.8, 4) is 5.75 Å². The van der Waals surface area contributed by atoms with E-state index < -0.39 is 24.5 Å². The molecule has 0 aromatic heterocycles. The second kappa shape index (κ2) is 9.56. The molecule has 0 fully saturated rings. The van der Waals surface area contributed by atoms with Crippen LogP contribution in [-0.4, -0.2) is 50.1 Å². The number of benzene rings is 1. The minimum absolute atomic E-state index is 0.123. The Hall–Kier alpha value is -3.10. The van der Waals surface area contributed by atoms with E-state index in [1.807, 2.05) is 13.8 Å². The van der Waals surface area contributed by atoms with E-state index >= 15 is 0 Å². The van der Waals surface area contributed by atoms with E-state index in [9.17, 15) is 19.2 Å². The number of amides is 4. The fourth-order valence-electron chi connectivity index (χ4n) is 2.32. The molecule has 27 heavy (non-hydrogen) atoms. The van der Waals surface area contributed by atoms with Gasteiger partial charge in [0, 0.05) is 6.54 Å². The van der Waals surface area contributed by atoms with Gasteiger partial charge < -0.3 is 14.8 Å². The zero-order valence-electron chi connectivity index (χ0n) is 15.3. The number of nitrogens with one attached hydrogen (secondary N) is 2. The number of fused-ring (bicyclic) bond motifs is 1. The van der Waals surface area contributed by atoms with E-state index in [0.29, 0.717) is 18.0 Å². The van der Waals surface area contributed by atoms with Crippen LogP contribution in [0.25, 0.3) is 0 Å². The number of urea groups is 1. The molecule has 1 aromatic carbocycles. The summed E-state index contributed by atoms with van der Waals surface area (Å²) in [6.07, 6.45) is 0.123. The normalized spacial score (nSPS) is 13.3. The largest absolute Gasteiger partial charge is 0.491 e. The number of carbonyl (C=O) groups is 4. The maximum Gasteiger partial charge on any atom is 0.326 e. The summed E-state index contributed by atoms with van der Waals surface area (Å²) in [5.74, 6) is -1.07. The van der Waals surface area contributed by atoms with Crippen molar-refractivity contribution in [2.24, 2.45) is 5.92 Å². The van der Waals surface area contributed by atoms with E-state index in [4.69, 9.17) is 9.47 Å². The number of para-hydroxylation sites is 2. The zero-order chi connectivity index (χ0) is 19.8. The number of esters is 1. The average Bonchev–Trinajstić information content (AvgIpc) is 2.78. The van der Waals surface area contributed by atoms with Gasteiger partial charge in [-0.25, -0.2) is 4.79 Å². The molecule has 9 nitrogen and oxygen atoms in total. The second-order valence-corrected chi connectivity index (χ2v) is 6.36. The fraction of sp³-hybridized carbons (Fsp3) is 0.444. The molecule has 0 radical (unpaired) electrons. The average molecular weight is 377 g/mol. The molecule has 2 rings (SSSR count). The fourth-order valence-corrected chi connectivity index (χ4v) is 2.32. The van der Waals surface area contributed by atoms with Gasteiger partial charge in [-0.3, -0.25) is 24.6 Å². The molecule has 0 bridgehead atoms. The van der Waals surface area contributed by atoms with Crippen LogP contribution in [0.1, 0.15) is 20.3 Å². The van der Waals surface area contributed by atoms with Crippen LogP contribution in [0.4, 0.5) is 10.5 Å². The first-order chi connectivity index (χ1) is 12.9. The predicted octanol–water partition coefficient (Wildman–Crippen LogP) is 0.827. The number of ether oxygens (including phenoxy) is 2. The van der Waals surface area contributed by atoms with Gasteiger partial charge in [-0.05, 0) is 18.1 Å². The van der Waals surface area contributed by atoms with Crippen molar-refractivity contribution in [3.05, 3.63) is 24.3 Å². The van der Waals surface area contributed by atoms with Crippen LogP contribution in [0, 0.1) is 5.92 Å². The van der Waals surface area contributed by atoms with Crippen molar-refractivity contribution in [3.63, 3.8) is 0 Å². The molecular weight excluding hydrogens is 354 g/mol. The first-order valence-corrected chi connectivity index (χ1v) is 8.62. The maximum atomic E-state index is 12.2. The molecule has 1 aromatic rings. The van der Waals surface area contributed by atoms with Crippen molar-refractivity contribution in [2.45, 2.75) is 20.3 Å². The lowest BCUT2D eigenvalue weighted by molar-refractivity contribution is -0.147. The molecule has 0 saturated heterocycles. The molecule has 2 N–H and O–H groups in total. The second-order valence-electron chi connectivity index (χ2n) is 6.36. The summed E-state index contributed by atoms with van der Waals surface area (Å²) in [6.45, 7) is 3.49. The van der Waals surface area contributed by atoms with E-state index in [2.05, 4.69) is 10.6 Å². The van der Waals surface area contributed by atoms with Crippen LogP contribution >= 0.6 is 0 Å². The van der Waals surface area contributed by atoms with E-state index in [-0.39, 0.29) is 31.4 Å². The molecule has 1 aliphatic rings. The molecule has 1 aliphatic heterocycles. The van der Waals surface area contributed by atoms with Gasteiger partial charge in [0.25, 0.3) is 5.91 Å². The van der Waals surface area contributed by atoms with E-state index in [1.54, 1.807) is 24.3 Å². The Labute approximate surface area is 157 Å². The Bertz CT molecular complexity index is 719. The number of imide groups is 1. The summed E-state index contributed by atoms with van der Waals surface area (Å²) < 4.78 is 10.4. The van der Waals surface area contributed by atoms with Gasteiger partial charge in [-0.2, -0.15) is 0 Å². The Kier molecular flexibility index (Phi) is 7.16. The molecular formula is C18H23N3O6. The van der Waals surface area contributed by atoms with Crippen LogP contribution in [0.3, 0.4) is 0 Å². The topological polar surface area (TPSA) is 114 Å². The number of hydrogen-bond acceptors (Lipinski definition) is 6. The minimum Gasteiger partial charge on any atom is -0.491 e. The van der Waals surface area contributed by atoms with Crippen LogP contribution < -0.4 is 20.3 Å². The number of hydrogen-bond donors (Lipinski definition) is 2. The van der Waals surface area contributed by atoms with E-state index in [0.717, 1.165) is 0 Å². The molecule has 0 saturated carbocycles. The summed E-state index contributed by atoms with van der Waals surface area (Å²) >= 11 is 0. The summed E-state index contributed by atoms with van der Waals surface area (Å²) in [6, 6.07) is 6.20. The highest BCUT2D eigenvalue weighted by Gasteiger charge is 2.25. The van der Waals surface area contributed by atoms with Crippen molar-refractivity contribution >= 4 is 29.5 Å². The lowest BCUT2D eigenvalue weighted by atomic mass is 10.2. The first-order valence-electron chi connectivity index (χ1n) is 8.62. The third kappa shape index (κ3) is 6.28. The van der Waals surface area contributed by atoms with Crippen molar-refractivity contribution in [1.29, 1.82) is 0 Å². The standard InChI is InChI=1S/C18H23N3O6/c1-12(2)9-19-18(25)20-15(22)11-27-17(24)10-21-13-5-3-4-6-14(13)26-8-7-16(21)23/h3-6,12H,7-11H2,1-2H3,(H2,19,20,22,25). The number of rotatable bonds is 6. The summed E-state index contributed by atoms with van der Waals surface area (Å²) in [7, 11) is 0. The van der Waals surface area contributed by atoms with Crippen LogP contribution in [0.2, 0.25) is 0 Å². The molecule has 146 valence electrons. The molecule has 1 heterocycles. The van der Waals surface area contributed by atoms with Gasteiger partial charge in [-0.1, -0.05) is 26.0 Å². The Morgan fingerprint density at radius 3 is 2.74 bits per heavy atom. The Morgan fingerprint density at radius 2 is 2.00 bits per heavy atom. The Balaban J connectivity index is 1.85. The minimum atomic E-state index is -0.766. The third-order valence-corrected chi connectivity index (χ3v) is 3.61. The molecule has 9 heteroatoms. The first kappa shape index (κ1) is 20.2. The van der Waals surface area contributed by atoms with Crippen molar-refractivity contribution in [1.82, 2.24) is 10.6 Å². The van der Waals surface area contributed by atoms with Crippen molar-refractivity contribution in [2.75, 3.05) is 31.2 Å². The molecule has 0 aliphatic carbocycles. The highest BCUT2D eigenvalue weighted by molar-refractivity contribution is 6.00. The SMILES string of the molecule is CC(C)CNC(=O)NC(=O)COC(=O)CN1C(=O)CCOc2ccccc21. The highest BCUT2D eigenvalue weighted by atomic mass is 16.5. The number of carbonyl (C=O) groups excluding carboxylic acids is 4. The lowest BCUT2D eigenvalue weighted by Crippen LogP contribution is -2.43. The van der Waals surface area contributed by atoms with E-state index in [1.165, 1.54) is 4.90 Å². The zero-order valence-corrected chi connectivity index (χ0v) is 15.3. The predicted molar refractivity (Wildman–Crippen MR) is 96.2 cm³/mol. The van der Waals surface area contributed by atoms with Gasteiger partial charge in [0.05, 0.1) is 18.7 Å². The quantitative estimate of drug-likeness (QED) is 0.710. The monoisotopic (exact) mass is 377 g/mol. The Morgan fingerprint density at radius 1 is 1.26 bits per heavy atom. The summed E-state index contributed by atoms with van der Waals surface area (Å²) in [5.41, 5.74) is 0.467. The molecule has 0 spiro atoms. The third-order valence-electron chi connectivity index (χ3n) is 3.61. The van der Waals surface area contributed by atoms with Gasteiger partial charge in [0.15, 0.2) is 6.61 Å². The molecule has 4 amide bonds. The van der Waals surface area contributed by atoms with Crippen LogP contribution in [0.5, 0.6) is 5.75 Å². The van der Waals surface area contributed by atoms with Gasteiger partial charge in [-0.15, -0.1) is 0 Å². The number of nitrogens with zero attached hydrogens (tertiary/aromatic N) is 1. The summed E-state index contributed by atoms with van der Waals surface area (Å²) in [5, 5.41) is 4.57. The van der Waals surface area contributed by atoms with Crippen molar-refractivity contribution < 1.29 is 28.7 Å². The van der Waals surface area contributed by atoms with Gasteiger partial charge in [0.2, 0.25) is 5.91 Å². The van der Waals surface area contributed by atoms with Crippen LogP contribution in [0.15, 0.2) is 24.3 Å². The van der Waals surface area contributed by atoms with Gasteiger partial charge >= 0.3 is 12.0 Å². The van der Waals surface area contributed by atoms with Crippen LogP contribution in [-0.2, 0) is 19.1 Å².